The number of hydrogen-bond donors (Lipinski definition) is 2. The van der Waals surface area contributed by atoms with E-state index in [9.17, 15) is 27.6 Å². The predicted octanol–water partition coefficient (Wildman–Crippen LogP) is 5.52. The van der Waals surface area contributed by atoms with Crippen molar-refractivity contribution >= 4 is 17.6 Å². The number of nitrogens with one attached hydrogen (secondary N) is 2. The van der Waals surface area contributed by atoms with E-state index in [2.05, 4.69) is 17.6 Å². The first kappa shape index (κ1) is 29.7. The molecule has 5 nitrogen and oxygen atoms in total. The van der Waals surface area contributed by atoms with Gasteiger partial charge >= 0.3 is 6.18 Å². The topological polar surface area (TPSA) is 75.3 Å². The minimum Gasteiger partial charge on any atom is -0.344 e. The molecule has 0 heterocycles. The summed E-state index contributed by atoms with van der Waals surface area (Å²) in [6, 6.07) is 5.44. The largest absolute Gasteiger partial charge is 0.452 e. The number of amides is 2. The Hall–Kier alpha value is -2.38. The van der Waals surface area contributed by atoms with E-state index in [1.54, 1.807) is 30.3 Å². The van der Waals surface area contributed by atoms with E-state index in [1.807, 2.05) is 13.8 Å². The lowest BCUT2D eigenvalue weighted by atomic mass is 9.99. The van der Waals surface area contributed by atoms with Crippen LogP contribution in [0.4, 0.5) is 13.2 Å². The second kappa shape index (κ2) is 15.5. The Morgan fingerprint density at radius 3 is 2.00 bits per heavy atom. The molecule has 0 saturated carbocycles. The molecule has 8 heteroatoms. The molecule has 0 aliphatic rings. The summed E-state index contributed by atoms with van der Waals surface area (Å²) >= 11 is 0. The quantitative estimate of drug-likeness (QED) is 0.304. The fourth-order valence-corrected chi connectivity index (χ4v) is 3.74. The van der Waals surface area contributed by atoms with Crippen molar-refractivity contribution in [3.8, 4) is 0 Å². The van der Waals surface area contributed by atoms with Gasteiger partial charge in [-0.15, -0.1) is 0 Å². The van der Waals surface area contributed by atoms with Crippen LogP contribution in [0.3, 0.4) is 0 Å². The lowest BCUT2D eigenvalue weighted by Gasteiger charge is -2.24. The highest BCUT2D eigenvalue weighted by Crippen LogP contribution is 2.20. The van der Waals surface area contributed by atoms with Gasteiger partial charge in [0.25, 0.3) is 5.78 Å². The second-order valence-electron chi connectivity index (χ2n) is 9.23. The molecule has 1 aromatic carbocycles. The van der Waals surface area contributed by atoms with Gasteiger partial charge in [-0.3, -0.25) is 14.4 Å². The first-order valence-electron chi connectivity index (χ1n) is 12.3. The first-order chi connectivity index (χ1) is 16.0. The molecule has 2 amide bonds. The number of carbonyl (C=O) groups is 3. The highest BCUT2D eigenvalue weighted by molar-refractivity contribution is 5.95. The number of halogens is 3. The van der Waals surface area contributed by atoms with Gasteiger partial charge < -0.3 is 10.6 Å². The molecule has 0 spiro atoms. The number of hydrogen-bond acceptors (Lipinski definition) is 3. The van der Waals surface area contributed by atoms with Crippen LogP contribution in [0.1, 0.15) is 84.1 Å². The lowest BCUT2D eigenvalue weighted by molar-refractivity contribution is -0.173. The van der Waals surface area contributed by atoms with Crippen molar-refractivity contribution in [2.75, 3.05) is 0 Å². The van der Waals surface area contributed by atoms with Gasteiger partial charge in [0.1, 0.15) is 12.1 Å². The lowest BCUT2D eigenvalue weighted by Crippen LogP contribution is -2.54. The number of rotatable bonds is 16. The zero-order valence-corrected chi connectivity index (χ0v) is 20.5. The molecule has 2 N–H and O–H groups in total. The Morgan fingerprint density at radius 1 is 0.853 bits per heavy atom. The normalized spacial score (nSPS) is 13.4. The van der Waals surface area contributed by atoms with Crippen LogP contribution in [-0.4, -0.2) is 35.9 Å². The molecule has 0 aliphatic carbocycles. The maximum Gasteiger partial charge on any atom is 0.452 e. The maximum absolute atomic E-state index is 13.2. The average Bonchev–Trinajstić information content (AvgIpc) is 2.76. The summed E-state index contributed by atoms with van der Waals surface area (Å²) < 4.78 is 39.5. The minimum atomic E-state index is -5.08. The van der Waals surface area contributed by atoms with Crippen LogP contribution in [0.25, 0.3) is 0 Å². The van der Waals surface area contributed by atoms with Crippen LogP contribution in [0.15, 0.2) is 30.3 Å². The van der Waals surface area contributed by atoms with Gasteiger partial charge in [-0.25, -0.2) is 0 Å². The van der Waals surface area contributed by atoms with Crippen LogP contribution >= 0.6 is 0 Å². The van der Waals surface area contributed by atoms with E-state index in [-0.39, 0.29) is 31.1 Å². The summed E-state index contributed by atoms with van der Waals surface area (Å²) in [5, 5.41) is 4.92. The maximum atomic E-state index is 13.2. The van der Waals surface area contributed by atoms with Crippen LogP contribution in [-0.2, 0) is 20.8 Å². The van der Waals surface area contributed by atoms with E-state index < -0.39 is 30.0 Å². The molecule has 1 unspecified atom stereocenters. The van der Waals surface area contributed by atoms with Gasteiger partial charge in [0.15, 0.2) is 0 Å². The third-order valence-electron chi connectivity index (χ3n) is 5.56. The molecule has 1 aromatic rings. The number of unbranched alkanes of at least 4 members (excludes halogenated alkanes) is 6. The van der Waals surface area contributed by atoms with E-state index in [0.717, 1.165) is 19.3 Å². The summed E-state index contributed by atoms with van der Waals surface area (Å²) in [7, 11) is 0. The Balaban J connectivity index is 2.75. The van der Waals surface area contributed by atoms with Crippen LogP contribution in [0.5, 0.6) is 0 Å². The molecule has 0 aliphatic heterocycles. The minimum absolute atomic E-state index is 0.0144. The smallest absolute Gasteiger partial charge is 0.344 e. The number of Topliss-reactive ketones (excluding diaryl/α,β-unsaturated/α-hetero) is 1. The summed E-state index contributed by atoms with van der Waals surface area (Å²) in [5.74, 6) is -3.08. The van der Waals surface area contributed by atoms with Crippen molar-refractivity contribution in [1.82, 2.24) is 10.6 Å². The van der Waals surface area contributed by atoms with Crippen molar-refractivity contribution in [2.24, 2.45) is 5.92 Å². The van der Waals surface area contributed by atoms with Crippen LogP contribution in [0, 0.1) is 5.92 Å². The second-order valence-corrected chi connectivity index (χ2v) is 9.23. The fraction of sp³-hybridized carbons (Fsp3) is 0.654. The Morgan fingerprint density at radius 2 is 1.44 bits per heavy atom. The number of ketones is 1. The first-order valence-corrected chi connectivity index (χ1v) is 12.3. The number of benzene rings is 1. The number of alkyl halides is 3. The predicted molar refractivity (Wildman–Crippen MR) is 127 cm³/mol. The molecule has 0 saturated heterocycles. The molecule has 0 radical (unpaired) electrons. The Bertz CT molecular complexity index is 751. The van der Waals surface area contributed by atoms with Gasteiger partial charge in [-0.2, -0.15) is 13.2 Å². The summed E-state index contributed by atoms with van der Waals surface area (Å²) in [5.41, 5.74) is 0.494. The van der Waals surface area contributed by atoms with Crippen molar-refractivity contribution in [3.05, 3.63) is 35.9 Å². The highest BCUT2D eigenvalue weighted by atomic mass is 19.4. The molecule has 0 aromatic heterocycles. The van der Waals surface area contributed by atoms with E-state index >= 15 is 0 Å². The molecule has 0 bridgehead atoms. The molecule has 34 heavy (non-hydrogen) atoms. The van der Waals surface area contributed by atoms with E-state index in [0.29, 0.717) is 12.0 Å². The Kier molecular flexibility index (Phi) is 13.5. The zero-order chi connectivity index (χ0) is 25.6. The Labute approximate surface area is 201 Å². The SMILES string of the molecule is CCCCCCCCCC(=O)N[C@@H](CC(C)C)C(=O)NC(Cc1ccccc1)C(=O)C(F)(F)F. The molecule has 0 fully saturated rings. The third kappa shape index (κ3) is 12.2. The summed E-state index contributed by atoms with van der Waals surface area (Å²) in [4.78, 5) is 37.3. The van der Waals surface area contributed by atoms with Gasteiger partial charge in [0.05, 0.1) is 0 Å². The van der Waals surface area contributed by atoms with Gasteiger partial charge in [-0.05, 0) is 24.3 Å². The van der Waals surface area contributed by atoms with Crippen LogP contribution in [0.2, 0.25) is 0 Å². The van der Waals surface area contributed by atoms with Gasteiger partial charge in [0, 0.05) is 12.8 Å². The van der Waals surface area contributed by atoms with Crippen molar-refractivity contribution < 1.29 is 27.6 Å². The third-order valence-corrected chi connectivity index (χ3v) is 5.56. The molecule has 1 rings (SSSR count). The monoisotopic (exact) mass is 484 g/mol. The standard InChI is InChI=1S/C26H39F3N2O3/c1-4-5-6-7-8-9-13-16-23(32)30-22(17-19(2)3)25(34)31-21(24(33)26(27,28)29)18-20-14-11-10-12-15-20/h10-12,14-15,19,21-22H,4-9,13,16-18H2,1-3H3,(H,30,32)(H,31,34)/t21?,22-/m0/s1. The molecule has 192 valence electrons. The summed E-state index contributed by atoms with van der Waals surface area (Å²) in [6.07, 6.45) is 2.48. The molecule has 2 atom stereocenters. The molecular formula is C26H39F3N2O3. The zero-order valence-electron chi connectivity index (χ0n) is 20.5. The van der Waals surface area contributed by atoms with Gasteiger partial charge in [-0.1, -0.05) is 89.6 Å². The van der Waals surface area contributed by atoms with Gasteiger partial charge in [0.2, 0.25) is 11.8 Å². The fourth-order valence-electron chi connectivity index (χ4n) is 3.74. The van der Waals surface area contributed by atoms with Crippen molar-refractivity contribution in [1.29, 1.82) is 0 Å². The van der Waals surface area contributed by atoms with Crippen LogP contribution < -0.4 is 10.6 Å². The van der Waals surface area contributed by atoms with Crippen molar-refractivity contribution in [2.45, 2.75) is 103 Å². The molecular weight excluding hydrogens is 445 g/mol. The average molecular weight is 485 g/mol. The van der Waals surface area contributed by atoms with E-state index in [1.165, 1.54) is 19.3 Å². The van der Waals surface area contributed by atoms with E-state index in [4.69, 9.17) is 0 Å². The highest BCUT2D eigenvalue weighted by Gasteiger charge is 2.44. The number of carbonyl (C=O) groups excluding carboxylic acids is 3. The summed E-state index contributed by atoms with van der Waals surface area (Å²) in [6.45, 7) is 5.85. The van der Waals surface area contributed by atoms with Crippen molar-refractivity contribution in [3.63, 3.8) is 0 Å².